The molecule has 0 aliphatic carbocycles. The molecule has 0 unspecified atom stereocenters. The highest BCUT2D eigenvalue weighted by molar-refractivity contribution is 14.1. The molecule has 24 heavy (non-hydrogen) atoms. The maximum Gasteiger partial charge on any atom is 0.339 e. The third-order valence-electron chi connectivity index (χ3n) is 3.81. The highest BCUT2D eigenvalue weighted by Gasteiger charge is 2.21. The van der Waals surface area contributed by atoms with Crippen molar-refractivity contribution in [2.45, 2.75) is 10.5 Å². The van der Waals surface area contributed by atoms with Crippen LogP contribution in [0.25, 0.3) is 0 Å². The Hall–Kier alpha value is -2.14. The average molecular weight is 428 g/mol. The van der Waals surface area contributed by atoms with Crippen molar-refractivity contribution < 1.29 is 9.53 Å². The second-order valence-electron chi connectivity index (χ2n) is 5.40. The summed E-state index contributed by atoms with van der Waals surface area (Å²) < 4.78 is 6.68. The number of alkyl halides is 1. The maximum atomic E-state index is 12.8. The second-order valence-corrected chi connectivity index (χ2v) is 6.16. The number of esters is 1. The summed E-state index contributed by atoms with van der Waals surface area (Å²) in [6.45, 7) is 0. The van der Waals surface area contributed by atoms with Gasteiger partial charge < -0.3 is 4.74 Å². The lowest BCUT2D eigenvalue weighted by Gasteiger charge is -2.19. The third-order valence-corrected chi connectivity index (χ3v) is 4.63. The van der Waals surface area contributed by atoms with E-state index in [1.165, 1.54) is 0 Å². The minimum atomic E-state index is -0.415. The molecule has 0 heterocycles. The van der Waals surface area contributed by atoms with Gasteiger partial charge in [-0.3, -0.25) is 0 Å². The fraction of sp³-hybridized carbons (Fsp3) is 0.0952. The first-order valence-corrected chi connectivity index (χ1v) is 9.27. The number of rotatable bonds is 5. The molecule has 0 fully saturated rings. The highest BCUT2D eigenvalue weighted by atomic mass is 127. The molecular formula is C21H17IO2. The first-order valence-electron chi connectivity index (χ1n) is 7.74. The minimum absolute atomic E-state index is 0.292. The van der Waals surface area contributed by atoms with Crippen LogP contribution in [0.2, 0.25) is 0 Å². The van der Waals surface area contributed by atoms with Gasteiger partial charge in [0.1, 0.15) is 0 Å². The summed E-state index contributed by atoms with van der Waals surface area (Å²) in [4.78, 5) is 12.8. The number of hydrogen-bond donors (Lipinski definition) is 0. The summed E-state index contributed by atoms with van der Waals surface area (Å²) in [6, 6.07) is 27.3. The van der Waals surface area contributed by atoms with Crippen molar-refractivity contribution in [1.29, 1.82) is 0 Å². The van der Waals surface area contributed by atoms with Crippen LogP contribution < -0.4 is 0 Å². The Labute approximate surface area is 155 Å². The van der Waals surface area contributed by atoms with Gasteiger partial charge in [-0.05, 0) is 22.8 Å². The molecule has 0 atom stereocenters. The van der Waals surface area contributed by atoms with E-state index in [-0.39, 0.29) is 5.97 Å². The molecule has 3 aromatic carbocycles. The molecule has 0 saturated heterocycles. The monoisotopic (exact) mass is 428 g/mol. The van der Waals surface area contributed by atoms with Crippen LogP contribution in [0.5, 0.6) is 0 Å². The van der Waals surface area contributed by atoms with Crippen LogP contribution in [0.3, 0.4) is 0 Å². The smallest absolute Gasteiger partial charge is 0.339 e. The van der Waals surface area contributed by atoms with Gasteiger partial charge in [0.15, 0.2) is 6.10 Å². The van der Waals surface area contributed by atoms with E-state index in [1.54, 1.807) is 0 Å². The predicted octanol–water partition coefficient (Wildman–Crippen LogP) is 5.57. The largest absolute Gasteiger partial charge is 0.449 e. The highest BCUT2D eigenvalue weighted by Crippen LogP contribution is 2.27. The van der Waals surface area contributed by atoms with Crippen molar-refractivity contribution in [3.63, 3.8) is 0 Å². The molecule has 0 aliphatic rings. The van der Waals surface area contributed by atoms with Crippen molar-refractivity contribution in [1.82, 2.24) is 0 Å². The maximum absolute atomic E-state index is 12.8. The van der Waals surface area contributed by atoms with E-state index in [0.29, 0.717) is 5.56 Å². The van der Waals surface area contributed by atoms with E-state index < -0.39 is 6.10 Å². The lowest BCUT2D eigenvalue weighted by Crippen LogP contribution is -2.14. The van der Waals surface area contributed by atoms with Crippen LogP contribution in [0.15, 0.2) is 84.9 Å². The van der Waals surface area contributed by atoms with E-state index >= 15 is 0 Å². The fourth-order valence-corrected chi connectivity index (χ4v) is 3.26. The summed E-state index contributed by atoms with van der Waals surface area (Å²) >= 11 is 2.26. The Morgan fingerprint density at radius 3 is 1.83 bits per heavy atom. The van der Waals surface area contributed by atoms with Crippen LogP contribution in [-0.4, -0.2) is 5.97 Å². The molecule has 0 radical (unpaired) electrons. The van der Waals surface area contributed by atoms with Crippen molar-refractivity contribution in [3.8, 4) is 0 Å². The van der Waals surface area contributed by atoms with E-state index in [9.17, 15) is 4.79 Å². The van der Waals surface area contributed by atoms with Gasteiger partial charge in [-0.1, -0.05) is 101 Å². The van der Waals surface area contributed by atoms with Crippen molar-refractivity contribution in [2.75, 3.05) is 0 Å². The molecule has 0 spiro atoms. The molecule has 3 heteroatoms. The van der Waals surface area contributed by atoms with E-state index in [4.69, 9.17) is 4.74 Å². The molecule has 0 saturated carbocycles. The zero-order valence-corrected chi connectivity index (χ0v) is 15.2. The minimum Gasteiger partial charge on any atom is -0.449 e. The van der Waals surface area contributed by atoms with Crippen LogP contribution >= 0.6 is 22.6 Å². The summed E-state index contributed by atoms with van der Waals surface area (Å²) in [5, 5.41) is 0. The number of carbonyl (C=O) groups excluding carboxylic acids is 1. The molecule has 0 amide bonds. The molecule has 120 valence electrons. The van der Waals surface area contributed by atoms with Gasteiger partial charge in [0.25, 0.3) is 0 Å². The quantitative estimate of drug-likeness (QED) is 0.302. The third kappa shape index (κ3) is 3.85. The molecule has 3 rings (SSSR count). The zero-order valence-electron chi connectivity index (χ0n) is 13.1. The van der Waals surface area contributed by atoms with Crippen molar-refractivity contribution in [2.24, 2.45) is 0 Å². The van der Waals surface area contributed by atoms with Gasteiger partial charge in [0, 0.05) is 4.43 Å². The Bertz CT molecular complexity index is 761. The Morgan fingerprint density at radius 1 is 0.792 bits per heavy atom. The van der Waals surface area contributed by atoms with E-state index in [0.717, 1.165) is 21.1 Å². The first-order chi connectivity index (χ1) is 11.8. The van der Waals surface area contributed by atoms with Crippen LogP contribution in [-0.2, 0) is 9.16 Å². The van der Waals surface area contributed by atoms with Gasteiger partial charge in [-0.2, -0.15) is 0 Å². The van der Waals surface area contributed by atoms with Gasteiger partial charge in [-0.25, -0.2) is 4.79 Å². The van der Waals surface area contributed by atoms with Crippen LogP contribution in [0.1, 0.15) is 33.2 Å². The van der Waals surface area contributed by atoms with Gasteiger partial charge in [-0.15, -0.1) is 0 Å². The second kappa shape index (κ2) is 8.11. The van der Waals surface area contributed by atoms with Crippen molar-refractivity contribution >= 4 is 28.6 Å². The predicted molar refractivity (Wildman–Crippen MR) is 104 cm³/mol. The Kier molecular flexibility index (Phi) is 5.64. The summed E-state index contributed by atoms with van der Waals surface area (Å²) in [5.74, 6) is -0.292. The molecule has 0 bridgehead atoms. The van der Waals surface area contributed by atoms with Crippen molar-refractivity contribution in [3.05, 3.63) is 107 Å². The summed E-state index contributed by atoms with van der Waals surface area (Å²) in [5.41, 5.74) is 3.54. The van der Waals surface area contributed by atoms with E-state index in [2.05, 4.69) is 22.6 Å². The number of hydrogen-bond acceptors (Lipinski definition) is 2. The number of carbonyl (C=O) groups is 1. The SMILES string of the molecule is O=C(OC(c1ccccc1)c1ccccc1)c1ccccc1CI. The molecule has 3 aromatic rings. The lowest BCUT2D eigenvalue weighted by atomic mass is 10.0. The molecular weight excluding hydrogens is 411 g/mol. The first kappa shape index (κ1) is 16.7. The topological polar surface area (TPSA) is 26.3 Å². The summed E-state index contributed by atoms with van der Waals surface area (Å²) in [7, 11) is 0. The summed E-state index contributed by atoms with van der Waals surface area (Å²) in [6.07, 6.45) is -0.415. The Balaban J connectivity index is 1.94. The van der Waals surface area contributed by atoms with Crippen LogP contribution in [0, 0.1) is 0 Å². The van der Waals surface area contributed by atoms with Crippen LogP contribution in [0.4, 0.5) is 0 Å². The standard InChI is InChI=1S/C21H17IO2/c22-15-18-13-7-8-14-19(18)21(23)24-20(16-9-3-1-4-10-16)17-11-5-2-6-12-17/h1-14,20H,15H2. The molecule has 2 nitrogen and oxygen atoms in total. The number of ether oxygens (including phenoxy) is 1. The number of benzene rings is 3. The molecule has 0 aromatic heterocycles. The average Bonchev–Trinajstić information content (AvgIpc) is 2.67. The van der Waals surface area contributed by atoms with Gasteiger partial charge in [0.2, 0.25) is 0 Å². The number of halogens is 1. The lowest BCUT2D eigenvalue weighted by molar-refractivity contribution is 0.0377. The molecule has 0 N–H and O–H groups in total. The normalized spacial score (nSPS) is 10.6. The molecule has 0 aliphatic heterocycles. The zero-order chi connectivity index (χ0) is 16.8. The van der Waals surface area contributed by atoms with Gasteiger partial charge in [0.05, 0.1) is 5.56 Å². The Morgan fingerprint density at radius 2 is 1.29 bits per heavy atom. The fourth-order valence-electron chi connectivity index (χ4n) is 2.59. The van der Waals surface area contributed by atoms with E-state index in [1.807, 2.05) is 84.9 Å². The van der Waals surface area contributed by atoms with Gasteiger partial charge >= 0.3 is 5.97 Å².